The van der Waals surface area contributed by atoms with E-state index in [1.54, 1.807) is 23.5 Å². The molecule has 2 atom stereocenters. The maximum atomic E-state index is 12.8. The Bertz CT molecular complexity index is 1030. The number of allylic oxidation sites excluding steroid dienone is 1. The Hall–Kier alpha value is -3.04. The molecule has 1 N–H and O–H groups in total. The van der Waals surface area contributed by atoms with Crippen LogP contribution in [0.5, 0.6) is 5.75 Å². The molecule has 2 aliphatic heterocycles. The van der Waals surface area contributed by atoms with Crippen LogP contribution in [0.4, 0.5) is 0 Å². The highest BCUT2D eigenvalue weighted by Crippen LogP contribution is 2.41. The third-order valence-electron chi connectivity index (χ3n) is 4.80. The van der Waals surface area contributed by atoms with E-state index >= 15 is 0 Å². The van der Waals surface area contributed by atoms with Gasteiger partial charge in [0.1, 0.15) is 22.9 Å². The zero-order chi connectivity index (χ0) is 21.8. The van der Waals surface area contributed by atoms with Gasteiger partial charge in [0.2, 0.25) is 0 Å². The first-order chi connectivity index (χ1) is 15.1. The zero-order valence-electron chi connectivity index (χ0n) is 16.6. The summed E-state index contributed by atoms with van der Waals surface area (Å²) >= 11 is 3.07. The van der Waals surface area contributed by atoms with Crippen LogP contribution in [0.15, 0.2) is 65.2 Å². The maximum Gasteiger partial charge on any atom is 0.355 e. The SMILES string of the molecule is COC(=O)C1=C(/C=C/c2cccs2)CS[C@@H]2[C@H](NC(=O)COc3ccccc3)C(=O)N12. The summed E-state index contributed by atoms with van der Waals surface area (Å²) in [4.78, 5) is 40.0. The van der Waals surface area contributed by atoms with Crippen LogP contribution in [0.2, 0.25) is 0 Å². The summed E-state index contributed by atoms with van der Waals surface area (Å²) in [6.45, 7) is -0.195. The molecule has 0 saturated carbocycles. The summed E-state index contributed by atoms with van der Waals surface area (Å²) < 4.78 is 10.4. The van der Waals surface area contributed by atoms with Gasteiger partial charge in [-0.05, 0) is 35.2 Å². The number of benzene rings is 1. The first-order valence-electron chi connectivity index (χ1n) is 9.53. The van der Waals surface area contributed by atoms with E-state index in [1.165, 1.54) is 23.8 Å². The average molecular weight is 457 g/mol. The van der Waals surface area contributed by atoms with Gasteiger partial charge in [-0.1, -0.05) is 30.3 Å². The van der Waals surface area contributed by atoms with Crippen molar-refractivity contribution in [3.63, 3.8) is 0 Å². The highest BCUT2D eigenvalue weighted by atomic mass is 32.2. The summed E-state index contributed by atoms with van der Waals surface area (Å²) in [5.74, 6) is -0.207. The molecule has 2 aromatic rings. The molecule has 4 rings (SSSR count). The number of β-lactam (4-membered cyclic amide) rings is 1. The molecule has 1 aromatic heterocycles. The molecule has 0 bridgehead atoms. The number of nitrogens with one attached hydrogen (secondary N) is 1. The van der Waals surface area contributed by atoms with Crippen LogP contribution in [0.3, 0.4) is 0 Å². The lowest BCUT2D eigenvalue weighted by molar-refractivity contribution is -0.151. The quantitative estimate of drug-likeness (QED) is 0.509. The molecular weight excluding hydrogens is 436 g/mol. The number of para-hydroxylation sites is 1. The molecule has 0 radical (unpaired) electrons. The van der Waals surface area contributed by atoms with Crippen LogP contribution < -0.4 is 10.1 Å². The van der Waals surface area contributed by atoms with Gasteiger partial charge in [-0.2, -0.15) is 0 Å². The number of methoxy groups -OCH3 is 1. The van der Waals surface area contributed by atoms with E-state index < -0.39 is 17.9 Å². The minimum atomic E-state index is -0.709. The number of hydrogen-bond acceptors (Lipinski definition) is 7. The lowest BCUT2D eigenvalue weighted by atomic mass is 10.0. The van der Waals surface area contributed by atoms with Gasteiger partial charge in [-0.15, -0.1) is 23.1 Å². The molecule has 1 aromatic carbocycles. The standard InChI is InChI=1S/C22H20N2O5S2/c1-28-22(27)19-14(9-10-16-8-5-11-30-16)13-31-21-18(20(26)24(19)21)23-17(25)12-29-15-6-3-2-4-7-15/h2-11,18,21H,12-13H2,1H3,(H,23,25)/b10-9+/t18-,21-/m1/s1. The number of carbonyl (C=O) groups excluding carboxylic acids is 3. The summed E-state index contributed by atoms with van der Waals surface area (Å²) in [5.41, 5.74) is 0.946. The highest BCUT2D eigenvalue weighted by molar-refractivity contribution is 8.00. The second-order valence-electron chi connectivity index (χ2n) is 6.77. The fraction of sp³-hybridized carbons (Fsp3) is 0.227. The largest absolute Gasteiger partial charge is 0.484 e. The number of carbonyl (C=O) groups is 3. The Labute approximate surface area is 187 Å². The van der Waals surface area contributed by atoms with Gasteiger partial charge >= 0.3 is 5.97 Å². The number of ether oxygens (including phenoxy) is 2. The lowest BCUT2D eigenvalue weighted by Crippen LogP contribution is -2.70. The molecule has 0 unspecified atom stereocenters. The fourth-order valence-electron chi connectivity index (χ4n) is 3.31. The number of nitrogens with zero attached hydrogens (tertiary/aromatic N) is 1. The molecule has 1 saturated heterocycles. The Balaban J connectivity index is 1.44. The molecule has 2 amide bonds. The molecule has 2 aliphatic rings. The molecule has 160 valence electrons. The predicted octanol–water partition coefficient (Wildman–Crippen LogP) is 2.67. The van der Waals surface area contributed by atoms with Gasteiger partial charge in [-0.3, -0.25) is 14.5 Å². The highest BCUT2D eigenvalue weighted by Gasteiger charge is 2.54. The summed E-state index contributed by atoms with van der Waals surface area (Å²) in [6.07, 6.45) is 3.75. The first kappa shape index (κ1) is 21.2. The zero-order valence-corrected chi connectivity index (χ0v) is 18.3. The van der Waals surface area contributed by atoms with Gasteiger partial charge in [0.25, 0.3) is 11.8 Å². The maximum absolute atomic E-state index is 12.8. The van der Waals surface area contributed by atoms with Crippen molar-refractivity contribution in [2.75, 3.05) is 19.5 Å². The van der Waals surface area contributed by atoms with Gasteiger partial charge in [0.15, 0.2) is 6.61 Å². The summed E-state index contributed by atoms with van der Waals surface area (Å²) in [7, 11) is 1.29. The topological polar surface area (TPSA) is 84.9 Å². The van der Waals surface area contributed by atoms with Crippen molar-refractivity contribution in [3.05, 3.63) is 70.1 Å². The fourth-order valence-corrected chi connectivity index (χ4v) is 5.24. The Morgan fingerprint density at radius 3 is 2.71 bits per heavy atom. The number of thiophene rings is 1. The van der Waals surface area contributed by atoms with Crippen molar-refractivity contribution in [2.24, 2.45) is 0 Å². The monoisotopic (exact) mass is 456 g/mol. The van der Waals surface area contributed by atoms with Crippen LogP contribution in [0.25, 0.3) is 6.08 Å². The molecule has 0 aliphatic carbocycles. The number of hydrogen-bond donors (Lipinski definition) is 1. The van der Waals surface area contributed by atoms with Crippen LogP contribution in [-0.2, 0) is 19.1 Å². The molecule has 0 spiro atoms. The molecule has 31 heavy (non-hydrogen) atoms. The molecule has 7 nitrogen and oxygen atoms in total. The summed E-state index contributed by atoms with van der Waals surface area (Å²) in [6, 6.07) is 12.2. The van der Waals surface area contributed by atoms with Crippen LogP contribution in [0, 0.1) is 0 Å². The number of fused-ring (bicyclic) bond motifs is 1. The minimum absolute atomic E-state index is 0.195. The van der Waals surface area contributed by atoms with Crippen LogP contribution in [0.1, 0.15) is 4.88 Å². The van der Waals surface area contributed by atoms with Gasteiger partial charge in [-0.25, -0.2) is 4.79 Å². The Morgan fingerprint density at radius 2 is 2.00 bits per heavy atom. The van der Waals surface area contributed by atoms with E-state index in [2.05, 4.69) is 5.32 Å². The van der Waals surface area contributed by atoms with Crippen LogP contribution in [-0.4, -0.2) is 53.6 Å². The number of rotatable bonds is 7. The molecule has 1 fully saturated rings. The molecule has 3 heterocycles. The normalized spacial score (nSPS) is 20.3. The van der Waals surface area contributed by atoms with Gasteiger partial charge in [0.05, 0.1) is 7.11 Å². The van der Waals surface area contributed by atoms with Crippen molar-refractivity contribution in [2.45, 2.75) is 11.4 Å². The molecule has 9 heteroatoms. The Kier molecular flexibility index (Phi) is 6.43. The minimum Gasteiger partial charge on any atom is -0.484 e. The second kappa shape index (κ2) is 9.40. The third kappa shape index (κ3) is 4.52. The van der Waals surface area contributed by atoms with Crippen molar-refractivity contribution in [1.29, 1.82) is 0 Å². The van der Waals surface area contributed by atoms with Crippen molar-refractivity contribution >= 4 is 47.0 Å². The van der Waals surface area contributed by atoms with Crippen molar-refractivity contribution < 1.29 is 23.9 Å². The first-order valence-corrected chi connectivity index (χ1v) is 11.5. The van der Waals surface area contributed by atoms with E-state index in [0.717, 1.165) is 4.88 Å². The predicted molar refractivity (Wildman–Crippen MR) is 119 cm³/mol. The third-order valence-corrected chi connectivity index (χ3v) is 6.94. The van der Waals surface area contributed by atoms with Gasteiger partial charge < -0.3 is 14.8 Å². The van der Waals surface area contributed by atoms with E-state index in [9.17, 15) is 14.4 Å². The number of esters is 1. The lowest BCUT2D eigenvalue weighted by Gasteiger charge is -2.49. The summed E-state index contributed by atoms with van der Waals surface area (Å²) in [5, 5.41) is 4.32. The van der Waals surface area contributed by atoms with Gasteiger partial charge in [0, 0.05) is 10.6 Å². The second-order valence-corrected chi connectivity index (χ2v) is 8.86. The average Bonchev–Trinajstić information content (AvgIpc) is 3.33. The number of amides is 2. The van der Waals surface area contributed by atoms with E-state index in [4.69, 9.17) is 9.47 Å². The van der Waals surface area contributed by atoms with E-state index in [0.29, 0.717) is 17.1 Å². The molecular formula is C22H20N2O5S2. The van der Waals surface area contributed by atoms with E-state index in [-0.39, 0.29) is 23.6 Å². The van der Waals surface area contributed by atoms with E-state index in [1.807, 2.05) is 47.9 Å². The number of thioether (sulfide) groups is 1. The Morgan fingerprint density at radius 1 is 1.19 bits per heavy atom. The van der Waals surface area contributed by atoms with Crippen LogP contribution >= 0.6 is 23.1 Å². The van der Waals surface area contributed by atoms with Crippen molar-refractivity contribution in [1.82, 2.24) is 10.2 Å². The van der Waals surface area contributed by atoms with Crippen molar-refractivity contribution in [3.8, 4) is 5.75 Å². The smallest absolute Gasteiger partial charge is 0.355 e.